The molecule has 0 spiro atoms. The van der Waals surface area contributed by atoms with E-state index in [2.05, 4.69) is 10.3 Å². The lowest BCUT2D eigenvalue weighted by Gasteiger charge is -2.07. The van der Waals surface area contributed by atoms with E-state index >= 15 is 0 Å². The lowest BCUT2D eigenvalue weighted by molar-refractivity contribution is 0.292. The van der Waals surface area contributed by atoms with Crippen molar-refractivity contribution >= 4 is 11.5 Å². The third-order valence-electron chi connectivity index (χ3n) is 1.74. The van der Waals surface area contributed by atoms with Gasteiger partial charge in [-0.05, 0) is 12.5 Å². The molecule has 1 heterocycles. The van der Waals surface area contributed by atoms with Crippen molar-refractivity contribution in [3.63, 3.8) is 0 Å². The second kappa shape index (κ2) is 5.04. The molecule has 4 N–H and O–H groups in total. The van der Waals surface area contributed by atoms with Crippen LogP contribution in [0.1, 0.15) is 12.0 Å². The zero-order valence-corrected chi connectivity index (χ0v) is 7.70. The smallest absolute Gasteiger partial charge is 0.150 e. The van der Waals surface area contributed by atoms with Gasteiger partial charge in [0.15, 0.2) is 5.82 Å². The number of hydrogen-bond donors (Lipinski definition) is 3. The van der Waals surface area contributed by atoms with Crippen molar-refractivity contribution in [1.82, 2.24) is 4.98 Å². The first-order valence-electron chi connectivity index (χ1n) is 4.29. The fourth-order valence-electron chi connectivity index (χ4n) is 0.997. The number of nitriles is 1. The Morgan fingerprint density at radius 1 is 1.64 bits per heavy atom. The van der Waals surface area contributed by atoms with Crippen LogP contribution >= 0.6 is 0 Å². The van der Waals surface area contributed by atoms with E-state index in [-0.39, 0.29) is 6.61 Å². The van der Waals surface area contributed by atoms with E-state index in [1.807, 2.05) is 6.07 Å². The normalized spacial score (nSPS) is 9.43. The minimum Gasteiger partial charge on any atom is -0.396 e. The van der Waals surface area contributed by atoms with Gasteiger partial charge in [0.05, 0.1) is 11.3 Å². The summed E-state index contributed by atoms with van der Waals surface area (Å²) >= 11 is 0. The van der Waals surface area contributed by atoms with Gasteiger partial charge in [-0.2, -0.15) is 5.26 Å². The van der Waals surface area contributed by atoms with Gasteiger partial charge in [0.25, 0.3) is 0 Å². The summed E-state index contributed by atoms with van der Waals surface area (Å²) in [7, 11) is 0. The van der Waals surface area contributed by atoms with Gasteiger partial charge in [0.2, 0.25) is 0 Å². The molecule has 0 unspecified atom stereocenters. The maximum Gasteiger partial charge on any atom is 0.150 e. The number of aliphatic hydroxyl groups is 1. The Bertz CT molecular complexity index is 345. The van der Waals surface area contributed by atoms with Gasteiger partial charge >= 0.3 is 0 Å². The first-order valence-corrected chi connectivity index (χ1v) is 4.29. The van der Waals surface area contributed by atoms with Gasteiger partial charge in [-0.25, -0.2) is 4.98 Å². The molecule has 0 aromatic carbocycles. The molecular formula is C9H12N4O. The predicted molar refractivity (Wildman–Crippen MR) is 53.6 cm³/mol. The molecule has 1 aromatic rings. The fourth-order valence-corrected chi connectivity index (χ4v) is 0.997. The predicted octanol–water partition coefficient (Wildman–Crippen LogP) is 0.330. The van der Waals surface area contributed by atoms with Crippen molar-refractivity contribution in [2.75, 3.05) is 24.2 Å². The summed E-state index contributed by atoms with van der Waals surface area (Å²) < 4.78 is 0. The van der Waals surface area contributed by atoms with Crippen LogP contribution in [0.3, 0.4) is 0 Å². The molecule has 0 fully saturated rings. The molecule has 0 saturated heterocycles. The minimum absolute atomic E-state index is 0.116. The first kappa shape index (κ1) is 10.3. The summed E-state index contributed by atoms with van der Waals surface area (Å²) in [4.78, 5) is 3.99. The summed E-state index contributed by atoms with van der Waals surface area (Å²) in [6, 6.07) is 3.53. The number of nitrogen functional groups attached to an aromatic ring is 1. The van der Waals surface area contributed by atoms with Crippen LogP contribution < -0.4 is 11.1 Å². The minimum atomic E-state index is 0.116. The van der Waals surface area contributed by atoms with E-state index in [9.17, 15) is 0 Å². The van der Waals surface area contributed by atoms with Crippen LogP contribution in [0, 0.1) is 11.3 Å². The summed E-state index contributed by atoms with van der Waals surface area (Å²) in [6.07, 6.45) is 2.15. The van der Waals surface area contributed by atoms with Crippen LogP contribution in [0.2, 0.25) is 0 Å². The highest BCUT2D eigenvalue weighted by Crippen LogP contribution is 2.18. The summed E-state index contributed by atoms with van der Waals surface area (Å²) in [5.41, 5.74) is 6.43. The Kier molecular flexibility index (Phi) is 3.70. The molecule has 0 saturated carbocycles. The Morgan fingerprint density at radius 3 is 3.07 bits per heavy atom. The third-order valence-corrected chi connectivity index (χ3v) is 1.74. The molecule has 1 aromatic heterocycles. The number of nitrogens with one attached hydrogen (secondary N) is 1. The van der Waals surface area contributed by atoms with E-state index < -0.39 is 0 Å². The Labute approximate surface area is 82.2 Å². The van der Waals surface area contributed by atoms with Crippen LogP contribution in [0.5, 0.6) is 0 Å². The molecule has 5 heteroatoms. The maximum absolute atomic E-state index is 8.69. The van der Waals surface area contributed by atoms with E-state index in [1.54, 1.807) is 6.07 Å². The average molecular weight is 192 g/mol. The number of aromatic nitrogens is 1. The van der Waals surface area contributed by atoms with Gasteiger partial charge in [0.1, 0.15) is 6.07 Å². The van der Waals surface area contributed by atoms with E-state index in [0.29, 0.717) is 30.0 Å². The number of anilines is 2. The van der Waals surface area contributed by atoms with Crippen LogP contribution in [0.4, 0.5) is 11.5 Å². The molecule has 0 aliphatic rings. The van der Waals surface area contributed by atoms with Crippen molar-refractivity contribution in [1.29, 1.82) is 5.26 Å². The zero-order valence-electron chi connectivity index (χ0n) is 7.70. The molecule has 0 bridgehead atoms. The van der Waals surface area contributed by atoms with Crippen molar-refractivity contribution in [2.24, 2.45) is 0 Å². The van der Waals surface area contributed by atoms with Gasteiger partial charge in [-0.1, -0.05) is 0 Å². The molecule has 0 radical (unpaired) electrons. The monoisotopic (exact) mass is 192 g/mol. The van der Waals surface area contributed by atoms with Gasteiger partial charge in [-0.15, -0.1) is 0 Å². The van der Waals surface area contributed by atoms with Crippen molar-refractivity contribution in [3.8, 4) is 6.07 Å². The SMILES string of the molecule is N#Cc1ccnc(NCCCO)c1N. The standard InChI is InChI=1S/C9H12N4O/c10-6-7-2-4-13-9(8(7)11)12-3-1-5-14/h2,4,14H,1,3,5,11H2,(H,12,13). The second-order valence-corrected chi connectivity index (χ2v) is 2.74. The quantitative estimate of drug-likeness (QED) is 0.597. The highest BCUT2D eigenvalue weighted by molar-refractivity contribution is 5.68. The van der Waals surface area contributed by atoms with E-state index in [1.165, 1.54) is 6.20 Å². The van der Waals surface area contributed by atoms with Crippen LogP contribution in [0.15, 0.2) is 12.3 Å². The Hall–Kier alpha value is -1.80. The van der Waals surface area contributed by atoms with Crippen molar-refractivity contribution in [2.45, 2.75) is 6.42 Å². The molecule has 1 rings (SSSR count). The maximum atomic E-state index is 8.69. The number of nitrogens with two attached hydrogens (primary N) is 1. The fraction of sp³-hybridized carbons (Fsp3) is 0.333. The van der Waals surface area contributed by atoms with Crippen LogP contribution in [-0.2, 0) is 0 Å². The number of pyridine rings is 1. The zero-order chi connectivity index (χ0) is 10.4. The number of nitrogens with zero attached hydrogens (tertiary/aromatic N) is 2. The van der Waals surface area contributed by atoms with E-state index in [4.69, 9.17) is 16.1 Å². The van der Waals surface area contributed by atoms with Gasteiger partial charge in [-0.3, -0.25) is 0 Å². The van der Waals surface area contributed by atoms with Crippen molar-refractivity contribution < 1.29 is 5.11 Å². The van der Waals surface area contributed by atoms with Crippen molar-refractivity contribution in [3.05, 3.63) is 17.8 Å². The first-order chi connectivity index (χ1) is 6.79. The molecule has 14 heavy (non-hydrogen) atoms. The van der Waals surface area contributed by atoms with Gasteiger partial charge < -0.3 is 16.2 Å². The Balaban J connectivity index is 2.73. The number of rotatable bonds is 4. The summed E-state index contributed by atoms with van der Waals surface area (Å²) in [5.74, 6) is 0.498. The summed E-state index contributed by atoms with van der Waals surface area (Å²) in [6.45, 7) is 0.702. The van der Waals surface area contributed by atoms with E-state index in [0.717, 1.165) is 0 Å². The molecule has 0 amide bonds. The molecular weight excluding hydrogens is 180 g/mol. The highest BCUT2D eigenvalue weighted by Gasteiger charge is 2.04. The largest absolute Gasteiger partial charge is 0.396 e. The third kappa shape index (κ3) is 2.34. The topological polar surface area (TPSA) is 95.0 Å². The lowest BCUT2D eigenvalue weighted by Crippen LogP contribution is -2.08. The summed E-state index contributed by atoms with van der Waals surface area (Å²) in [5, 5.41) is 20.2. The molecule has 0 aliphatic heterocycles. The molecule has 5 nitrogen and oxygen atoms in total. The molecule has 0 aliphatic carbocycles. The second-order valence-electron chi connectivity index (χ2n) is 2.74. The van der Waals surface area contributed by atoms with Gasteiger partial charge in [0, 0.05) is 19.3 Å². The van der Waals surface area contributed by atoms with Crippen LogP contribution in [-0.4, -0.2) is 23.2 Å². The molecule has 74 valence electrons. The van der Waals surface area contributed by atoms with Crippen LogP contribution in [0.25, 0.3) is 0 Å². The highest BCUT2D eigenvalue weighted by atomic mass is 16.3. The molecule has 0 atom stereocenters. The lowest BCUT2D eigenvalue weighted by atomic mass is 10.2. The number of hydrogen-bond acceptors (Lipinski definition) is 5. The average Bonchev–Trinajstić information content (AvgIpc) is 2.21. The number of aliphatic hydroxyl groups excluding tert-OH is 1. The Morgan fingerprint density at radius 2 is 2.43 bits per heavy atom.